The average molecular weight is 491 g/mol. The number of rotatable bonds is 3. The first-order valence-electron chi connectivity index (χ1n) is 12.7. The van der Waals surface area contributed by atoms with E-state index in [9.17, 15) is 0 Å². The lowest BCUT2D eigenvalue weighted by atomic mass is 9.92. The first kappa shape index (κ1) is 25.9. The molecule has 0 radical (unpaired) electrons. The van der Waals surface area contributed by atoms with E-state index < -0.39 is 0 Å². The van der Waals surface area contributed by atoms with E-state index in [0.717, 1.165) is 17.9 Å². The molecular weight excluding hydrogens is 452 g/mol. The van der Waals surface area contributed by atoms with Gasteiger partial charge >= 0.3 is 0 Å². The van der Waals surface area contributed by atoms with Crippen molar-refractivity contribution >= 4 is 11.6 Å². The SMILES string of the molecule is COC1c2cc(C)cc(-c3cc(C)cc(C)c3)c2CC1C.COC1c2cc(C)cc(Cl)c2CC1C. The van der Waals surface area contributed by atoms with E-state index in [1.54, 1.807) is 7.11 Å². The smallest absolute Gasteiger partial charge is 0.0853 e. The number of fused-ring (bicyclic) bond motifs is 2. The van der Waals surface area contributed by atoms with Crippen molar-refractivity contribution in [1.29, 1.82) is 0 Å². The topological polar surface area (TPSA) is 18.5 Å². The Labute approximate surface area is 216 Å². The summed E-state index contributed by atoms with van der Waals surface area (Å²) in [4.78, 5) is 0. The van der Waals surface area contributed by atoms with E-state index in [1.807, 2.05) is 13.2 Å². The lowest BCUT2D eigenvalue weighted by Gasteiger charge is -2.16. The van der Waals surface area contributed by atoms with Crippen molar-refractivity contribution in [3.05, 3.63) is 92.0 Å². The number of methoxy groups -OCH3 is 2. The van der Waals surface area contributed by atoms with Crippen molar-refractivity contribution in [2.45, 2.75) is 66.6 Å². The van der Waals surface area contributed by atoms with Crippen LogP contribution in [-0.2, 0) is 22.3 Å². The minimum Gasteiger partial charge on any atom is -0.376 e. The third-order valence-electron chi connectivity index (χ3n) is 7.54. The summed E-state index contributed by atoms with van der Waals surface area (Å²) in [6.07, 6.45) is 2.61. The van der Waals surface area contributed by atoms with Gasteiger partial charge in [0, 0.05) is 19.2 Å². The molecule has 0 aromatic heterocycles. The molecule has 0 amide bonds. The largest absolute Gasteiger partial charge is 0.376 e. The van der Waals surface area contributed by atoms with Crippen LogP contribution in [0.25, 0.3) is 11.1 Å². The van der Waals surface area contributed by atoms with Crippen LogP contribution >= 0.6 is 11.6 Å². The summed E-state index contributed by atoms with van der Waals surface area (Å²) in [5.74, 6) is 1.09. The van der Waals surface area contributed by atoms with Gasteiger partial charge in [0.05, 0.1) is 12.2 Å². The molecule has 0 heterocycles. The fraction of sp³-hybridized carbons (Fsp3) is 0.438. The maximum Gasteiger partial charge on any atom is 0.0853 e. The lowest BCUT2D eigenvalue weighted by Crippen LogP contribution is -2.05. The monoisotopic (exact) mass is 490 g/mol. The molecule has 3 heteroatoms. The van der Waals surface area contributed by atoms with Crippen LogP contribution in [0.2, 0.25) is 5.02 Å². The number of hydrogen-bond donors (Lipinski definition) is 0. The van der Waals surface area contributed by atoms with E-state index in [-0.39, 0.29) is 12.2 Å². The molecule has 4 unspecified atom stereocenters. The van der Waals surface area contributed by atoms with Gasteiger partial charge in [0.2, 0.25) is 0 Å². The Bertz CT molecular complexity index is 1210. The van der Waals surface area contributed by atoms with Gasteiger partial charge in [-0.05, 0) is 97.4 Å². The third kappa shape index (κ3) is 5.21. The molecular formula is C32H39ClO2. The number of halogens is 1. The highest BCUT2D eigenvalue weighted by Crippen LogP contribution is 2.44. The second-order valence-electron chi connectivity index (χ2n) is 10.7. The minimum atomic E-state index is 0.224. The fourth-order valence-electron chi connectivity index (χ4n) is 6.17. The maximum absolute atomic E-state index is 6.21. The fourth-order valence-corrected chi connectivity index (χ4v) is 6.53. The Morgan fingerprint density at radius 1 is 0.629 bits per heavy atom. The summed E-state index contributed by atoms with van der Waals surface area (Å²) in [5, 5.41) is 0.895. The minimum absolute atomic E-state index is 0.224. The quantitative estimate of drug-likeness (QED) is 0.365. The van der Waals surface area contributed by atoms with Crippen LogP contribution in [0, 0.1) is 39.5 Å². The molecule has 0 saturated heterocycles. The van der Waals surface area contributed by atoms with Gasteiger partial charge < -0.3 is 9.47 Å². The molecule has 186 valence electrons. The summed E-state index contributed by atoms with van der Waals surface area (Å²) in [6.45, 7) is 13.1. The van der Waals surface area contributed by atoms with Crippen molar-refractivity contribution in [3.8, 4) is 11.1 Å². The number of benzene rings is 3. The third-order valence-corrected chi connectivity index (χ3v) is 7.88. The second-order valence-corrected chi connectivity index (χ2v) is 11.2. The number of hydrogen-bond acceptors (Lipinski definition) is 2. The van der Waals surface area contributed by atoms with Gasteiger partial charge in [-0.3, -0.25) is 0 Å². The molecule has 5 rings (SSSR count). The molecule has 0 N–H and O–H groups in total. The molecule has 2 nitrogen and oxygen atoms in total. The number of ether oxygens (including phenoxy) is 2. The molecule has 0 saturated carbocycles. The van der Waals surface area contributed by atoms with Gasteiger partial charge in [-0.15, -0.1) is 0 Å². The van der Waals surface area contributed by atoms with Crippen molar-refractivity contribution in [2.75, 3.05) is 14.2 Å². The predicted octanol–water partition coefficient (Wildman–Crippen LogP) is 8.69. The average Bonchev–Trinajstić information content (AvgIpc) is 3.27. The standard InChI is InChI=1S/C20H24O.C12H15ClO/c1-12-6-13(2)8-16(7-12)17-9-14(3)10-19-18(17)11-15(4)20(19)21-5;1-7-4-10-9(11(13)5-7)6-8(2)12(10)14-3/h6-10,15,20H,11H2,1-5H3;4-5,8,12H,6H2,1-3H3. The van der Waals surface area contributed by atoms with Crippen LogP contribution in [0.4, 0.5) is 0 Å². The molecule has 2 aliphatic rings. The zero-order valence-electron chi connectivity index (χ0n) is 22.5. The van der Waals surface area contributed by atoms with Gasteiger partial charge in [-0.2, -0.15) is 0 Å². The van der Waals surface area contributed by atoms with Crippen molar-refractivity contribution < 1.29 is 9.47 Å². The van der Waals surface area contributed by atoms with Crippen LogP contribution in [0.1, 0.15) is 70.6 Å². The molecule has 3 aromatic carbocycles. The maximum atomic E-state index is 6.21. The highest BCUT2D eigenvalue weighted by molar-refractivity contribution is 6.31. The van der Waals surface area contributed by atoms with Gasteiger partial charge in [0.1, 0.15) is 0 Å². The van der Waals surface area contributed by atoms with Gasteiger partial charge in [-0.1, -0.05) is 78.5 Å². The Hall–Kier alpha value is -2.13. The summed E-state index contributed by atoms with van der Waals surface area (Å²) >= 11 is 6.21. The van der Waals surface area contributed by atoms with E-state index in [1.165, 1.54) is 55.6 Å². The molecule has 0 aliphatic heterocycles. The van der Waals surface area contributed by atoms with Crippen LogP contribution in [0.15, 0.2) is 42.5 Å². The van der Waals surface area contributed by atoms with Gasteiger partial charge in [-0.25, -0.2) is 0 Å². The molecule has 0 bridgehead atoms. The summed E-state index contributed by atoms with van der Waals surface area (Å²) in [6, 6.07) is 15.7. The Morgan fingerprint density at radius 2 is 1.09 bits per heavy atom. The van der Waals surface area contributed by atoms with Crippen LogP contribution in [0.5, 0.6) is 0 Å². The highest BCUT2D eigenvalue weighted by atomic mass is 35.5. The van der Waals surface area contributed by atoms with Crippen LogP contribution < -0.4 is 0 Å². The van der Waals surface area contributed by atoms with Crippen molar-refractivity contribution in [2.24, 2.45) is 11.8 Å². The molecule has 35 heavy (non-hydrogen) atoms. The normalized spacial score (nSPS) is 22.4. The van der Waals surface area contributed by atoms with E-state index in [4.69, 9.17) is 21.1 Å². The van der Waals surface area contributed by atoms with Crippen LogP contribution in [0.3, 0.4) is 0 Å². The Kier molecular flexibility index (Phi) is 7.76. The van der Waals surface area contributed by atoms with E-state index in [0.29, 0.717) is 11.8 Å². The molecule has 2 aliphatic carbocycles. The van der Waals surface area contributed by atoms with Gasteiger partial charge in [0.15, 0.2) is 0 Å². The Balaban J connectivity index is 0.000000179. The summed E-state index contributed by atoms with van der Waals surface area (Å²) in [7, 11) is 3.60. The predicted molar refractivity (Wildman–Crippen MR) is 148 cm³/mol. The molecule has 4 atom stereocenters. The molecule has 0 fully saturated rings. The summed E-state index contributed by atoms with van der Waals surface area (Å²) < 4.78 is 11.2. The van der Waals surface area contributed by atoms with Crippen molar-refractivity contribution in [1.82, 2.24) is 0 Å². The Morgan fingerprint density at radius 3 is 1.63 bits per heavy atom. The zero-order valence-corrected chi connectivity index (χ0v) is 23.2. The van der Waals surface area contributed by atoms with E-state index >= 15 is 0 Å². The van der Waals surface area contributed by atoms with E-state index in [2.05, 4.69) is 77.9 Å². The lowest BCUT2D eigenvalue weighted by molar-refractivity contribution is 0.0694. The zero-order chi connectivity index (χ0) is 25.4. The van der Waals surface area contributed by atoms with Crippen LogP contribution in [-0.4, -0.2) is 14.2 Å². The van der Waals surface area contributed by atoms with Gasteiger partial charge in [0.25, 0.3) is 0 Å². The first-order chi connectivity index (χ1) is 16.6. The van der Waals surface area contributed by atoms with Crippen molar-refractivity contribution in [3.63, 3.8) is 0 Å². The molecule has 3 aromatic rings. The second kappa shape index (κ2) is 10.5. The first-order valence-corrected chi connectivity index (χ1v) is 13.1. The highest BCUT2D eigenvalue weighted by Gasteiger charge is 2.32. The molecule has 0 spiro atoms. The summed E-state index contributed by atoms with van der Waals surface area (Å²) in [5.41, 5.74) is 13.3. The number of aryl methyl sites for hydroxylation is 4.